The van der Waals surface area contributed by atoms with Crippen LogP contribution in [0.5, 0.6) is 0 Å². The molecule has 0 bridgehead atoms. The topological polar surface area (TPSA) is 0 Å². The normalized spacial score (nSPS) is 19.4. The van der Waals surface area contributed by atoms with Crippen molar-refractivity contribution in [2.75, 3.05) is 0 Å². The SMILES string of the molecule is Bc1c(B)c(B)c2c(-c3ccc(C4C=c5ccccc5=CC4)cc3)c3c(B)c(B)c(B)c(B)c3c(C3=CC=CC4C=CC=CC34)c2c1B. The van der Waals surface area contributed by atoms with Gasteiger partial charge in [0.15, 0.2) is 0 Å². The van der Waals surface area contributed by atoms with Gasteiger partial charge >= 0.3 is 0 Å². The Kier molecular flexibility index (Phi) is 7.63. The summed E-state index contributed by atoms with van der Waals surface area (Å²) in [4.78, 5) is 0. The Morgan fingerprint density at radius 1 is 0.500 bits per heavy atom. The summed E-state index contributed by atoms with van der Waals surface area (Å²) >= 11 is 0. The van der Waals surface area contributed by atoms with Crippen molar-refractivity contribution in [3.8, 4) is 11.1 Å². The molecule has 0 spiro atoms. The van der Waals surface area contributed by atoms with E-state index in [1.165, 1.54) is 104 Å². The summed E-state index contributed by atoms with van der Waals surface area (Å²) in [5.41, 5.74) is 18.2. The predicted molar refractivity (Wildman–Crippen MR) is 237 cm³/mol. The van der Waals surface area contributed by atoms with Crippen LogP contribution in [0, 0.1) is 11.8 Å². The summed E-state index contributed by atoms with van der Waals surface area (Å²) in [6.45, 7) is 0. The molecule has 0 fully saturated rings. The molecule has 8 heteroatoms. The first-order valence-electron chi connectivity index (χ1n) is 17.7. The van der Waals surface area contributed by atoms with Gasteiger partial charge in [-0.25, -0.2) is 0 Å². The molecule has 0 amide bonds. The van der Waals surface area contributed by atoms with E-state index in [0.29, 0.717) is 17.8 Å². The zero-order valence-electron chi connectivity index (χ0n) is 29.8. The fourth-order valence-corrected chi connectivity index (χ4v) is 8.99. The van der Waals surface area contributed by atoms with Crippen LogP contribution in [0.4, 0.5) is 0 Å². The molecular formula is C40H38B8. The quantitative estimate of drug-likeness (QED) is 0.143. The molecule has 3 unspecified atom stereocenters. The van der Waals surface area contributed by atoms with Crippen molar-refractivity contribution in [3.05, 3.63) is 113 Å². The van der Waals surface area contributed by atoms with Crippen LogP contribution in [0.2, 0.25) is 0 Å². The monoisotopic (exact) mass is 606 g/mol. The van der Waals surface area contributed by atoms with Crippen LogP contribution >= 0.6 is 0 Å². The predicted octanol–water partition coefficient (Wildman–Crippen LogP) is -5.21. The molecule has 0 radical (unpaired) electrons. The molecule has 0 nitrogen and oxygen atoms in total. The van der Waals surface area contributed by atoms with E-state index in [2.05, 4.69) is 166 Å². The van der Waals surface area contributed by atoms with Gasteiger partial charge < -0.3 is 0 Å². The smallest absolute Gasteiger partial charge is 0.101 e. The Hall–Kier alpha value is -4.16. The van der Waals surface area contributed by atoms with Crippen molar-refractivity contribution in [3.63, 3.8) is 0 Å². The first-order chi connectivity index (χ1) is 23.2. The summed E-state index contributed by atoms with van der Waals surface area (Å²) in [6, 6.07) is 18.4. The van der Waals surface area contributed by atoms with Gasteiger partial charge in [-0.05, 0) is 66.2 Å². The molecule has 0 N–H and O–H groups in total. The van der Waals surface area contributed by atoms with Crippen LogP contribution in [-0.4, -0.2) is 62.8 Å². The standard InChI is InChI=1S/C40H38B8/c41-33-29-27(22-15-12-20(13-16-22)24-17-14-19-6-1-2-8-23(19)18-24)30-32(36(44)40(48)38(46)34(30)42)28(31(29)35(43)39(47)37(33)45)26-11-5-9-21-7-3-4-10-25(21)26/h1-16,18,21,24-25H,17,41-48H2. The fraction of sp³-hybridized carbons (Fsp3) is 0.100. The maximum atomic E-state index is 2.46. The van der Waals surface area contributed by atoms with E-state index in [0.717, 1.165) is 6.42 Å². The number of hydrogen-bond donors (Lipinski definition) is 0. The van der Waals surface area contributed by atoms with Gasteiger partial charge in [-0.15, -0.1) is 21.9 Å². The summed E-state index contributed by atoms with van der Waals surface area (Å²) in [5, 5.41) is 8.41. The lowest BCUT2D eigenvalue weighted by atomic mass is 9.58. The molecule has 0 aliphatic heterocycles. The average Bonchev–Trinajstić information content (AvgIpc) is 3.13. The second-order valence-electron chi connectivity index (χ2n) is 14.6. The molecular weight excluding hydrogens is 567 g/mol. The lowest BCUT2D eigenvalue weighted by Gasteiger charge is -2.33. The molecule has 3 atom stereocenters. The minimum absolute atomic E-state index is 0.327. The number of allylic oxidation sites excluding steroid dienone is 8. The van der Waals surface area contributed by atoms with Gasteiger partial charge in [0.25, 0.3) is 0 Å². The molecule has 0 saturated carbocycles. The molecule has 0 saturated heterocycles. The summed E-state index contributed by atoms with van der Waals surface area (Å²) in [7, 11) is 18.8. The Bertz CT molecular complexity index is 2390. The van der Waals surface area contributed by atoms with E-state index in [-0.39, 0.29) is 0 Å². The maximum Gasteiger partial charge on any atom is 0.139 e. The van der Waals surface area contributed by atoms with Crippen LogP contribution in [0.25, 0.3) is 50.4 Å². The largest absolute Gasteiger partial charge is 0.139 e. The molecule has 5 aromatic carbocycles. The summed E-state index contributed by atoms with van der Waals surface area (Å²) < 4.78 is 0. The second-order valence-corrected chi connectivity index (χ2v) is 14.6. The van der Waals surface area contributed by atoms with Crippen molar-refractivity contribution in [2.45, 2.75) is 12.3 Å². The zero-order valence-corrected chi connectivity index (χ0v) is 29.8. The van der Waals surface area contributed by atoms with Gasteiger partial charge in [-0.3, -0.25) is 0 Å². The second kappa shape index (κ2) is 11.8. The van der Waals surface area contributed by atoms with E-state index in [4.69, 9.17) is 0 Å². The van der Waals surface area contributed by atoms with Crippen molar-refractivity contribution in [2.24, 2.45) is 11.8 Å². The fourth-order valence-electron chi connectivity index (χ4n) is 8.99. The highest BCUT2D eigenvalue weighted by molar-refractivity contribution is 6.70. The number of rotatable bonds is 3. The third-order valence-corrected chi connectivity index (χ3v) is 12.4. The van der Waals surface area contributed by atoms with E-state index >= 15 is 0 Å². The van der Waals surface area contributed by atoms with Crippen molar-refractivity contribution in [1.29, 1.82) is 0 Å². The van der Waals surface area contributed by atoms with Crippen molar-refractivity contribution >= 4 is 146 Å². The molecule has 3 aliphatic carbocycles. The van der Waals surface area contributed by atoms with E-state index in [1.807, 2.05) is 0 Å². The molecule has 0 aromatic heterocycles. The Labute approximate surface area is 292 Å². The molecule has 8 rings (SSSR count). The van der Waals surface area contributed by atoms with E-state index < -0.39 is 0 Å². The van der Waals surface area contributed by atoms with Crippen LogP contribution < -0.4 is 54.1 Å². The Morgan fingerprint density at radius 2 is 1.02 bits per heavy atom. The highest BCUT2D eigenvalue weighted by atomic mass is 14.3. The third-order valence-electron chi connectivity index (χ3n) is 12.4. The van der Waals surface area contributed by atoms with Gasteiger partial charge in [-0.2, -0.15) is 0 Å². The lowest BCUT2D eigenvalue weighted by molar-refractivity contribution is 0.679. The van der Waals surface area contributed by atoms with Crippen LogP contribution in [0.15, 0.2) is 91.1 Å². The average molecular weight is 605 g/mol. The number of hydrogen-bond acceptors (Lipinski definition) is 0. The molecule has 3 aliphatic rings. The van der Waals surface area contributed by atoms with Crippen LogP contribution in [-0.2, 0) is 0 Å². The van der Waals surface area contributed by atoms with Gasteiger partial charge in [0.05, 0.1) is 0 Å². The number of fused-ring (bicyclic) bond motifs is 4. The van der Waals surface area contributed by atoms with Gasteiger partial charge in [0.2, 0.25) is 0 Å². The first-order valence-corrected chi connectivity index (χ1v) is 17.7. The summed E-state index contributed by atoms with van der Waals surface area (Å²) in [6.07, 6.45) is 22.2. The van der Waals surface area contributed by atoms with E-state index in [9.17, 15) is 0 Å². The van der Waals surface area contributed by atoms with E-state index in [1.54, 1.807) is 0 Å². The Balaban J connectivity index is 1.47. The van der Waals surface area contributed by atoms with Crippen molar-refractivity contribution < 1.29 is 0 Å². The Morgan fingerprint density at radius 3 is 1.62 bits per heavy atom. The van der Waals surface area contributed by atoms with Gasteiger partial charge in [-0.1, -0.05) is 125 Å². The first kappa shape index (κ1) is 31.1. The van der Waals surface area contributed by atoms with Crippen LogP contribution in [0.3, 0.4) is 0 Å². The van der Waals surface area contributed by atoms with Crippen molar-refractivity contribution in [1.82, 2.24) is 0 Å². The maximum absolute atomic E-state index is 2.46. The van der Waals surface area contributed by atoms with Gasteiger partial charge in [0.1, 0.15) is 62.8 Å². The lowest BCUT2D eigenvalue weighted by Crippen LogP contribution is -2.50. The summed E-state index contributed by atoms with van der Waals surface area (Å²) in [5.74, 6) is 1.10. The molecule has 222 valence electrons. The minimum Gasteiger partial charge on any atom is -0.101 e. The third kappa shape index (κ3) is 4.62. The molecule has 0 heterocycles. The highest BCUT2D eigenvalue weighted by Crippen LogP contribution is 2.44. The van der Waals surface area contributed by atoms with Crippen LogP contribution in [0.1, 0.15) is 23.5 Å². The highest BCUT2D eigenvalue weighted by Gasteiger charge is 2.30. The molecule has 48 heavy (non-hydrogen) atoms. The molecule has 5 aromatic rings. The minimum atomic E-state index is 0.327. The van der Waals surface area contributed by atoms with Gasteiger partial charge in [0, 0.05) is 17.8 Å². The zero-order chi connectivity index (χ0) is 33.4. The number of benzene rings is 5.